The van der Waals surface area contributed by atoms with Crippen LogP contribution in [0.4, 0.5) is 0 Å². The fourth-order valence-corrected chi connectivity index (χ4v) is 2.82. The van der Waals surface area contributed by atoms with Crippen LogP contribution in [0.3, 0.4) is 0 Å². The van der Waals surface area contributed by atoms with Crippen molar-refractivity contribution in [3.8, 4) is 0 Å². The van der Waals surface area contributed by atoms with Crippen LogP contribution < -0.4 is 5.32 Å². The SMILES string of the molecule is O=C(NC1(CO)CCC1)c1cc(I)ccc1Br. The molecule has 2 rings (SSSR count). The van der Waals surface area contributed by atoms with E-state index in [4.69, 9.17) is 0 Å². The maximum absolute atomic E-state index is 12.1. The zero-order valence-corrected chi connectivity index (χ0v) is 12.9. The third-order valence-corrected chi connectivity index (χ3v) is 4.53. The highest BCUT2D eigenvalue weighted by molar-refractivity contribution is 14.1. The number of hydrogen-bond acceptors (Lipinski definition) is 2. The van der Waals surface area contributed by atoms with Crippen LogP contribution in [0.15, 0.2) is 22.7 Å². The minimum atomic E-state index is -0.391. The average Bonchev–Trinajstić information content (AvgIpc) is 2.26. The molecule has 0 bridgehead atoms. The number of halogens is 2. The highest BCUT2D eigenvalue weighted by Gasteiger charge is 2.38. The van der Waals surface area contributed by atoms with Crippen molar-refractivity contribution in [2.24, 2.45) is 0 Å². The van der Waals surface area contributed by atoms with Gasteiger partial charge in [-0.25, -0.2) is 0 Å². The van der Waals surface area contributed by atoms with Gasteiger partial charge < -0.3 is 10.4 Å². The Morgan fingerprint density at radius 2 is 2.24 bits per heavy atom. The van der Waals surface area contributed by atoms with Crippen LogP contribution in [0.5, 0.6) is 0 Å². The number of aliphatic hydroxyl groups excluding tert-OH is 1. The first kappa shape index (κ1) is 13.3. The molecule has 1 amide bonds. The number of carbonyl (C=O) groups is 1. The Morgan fingerprint density at radius 3 is 2.76 bits per heavy atom. The Kier molecular flexibility index (Phi) is 4.10. The van der Waals surface area contributed by atoms with Gasteiger partial charge in [-0.2, -0.15) is 0 Å². The number of nitrogens with one attached hydrogen (secondary N) is 1. The van der Waals surface area contributed by atoms with Crippen molar-refractivity contribution in [2.45, 2.75) is 24.8 Å². The van der Waals surface area contributed by atoms with E-state index in [0.717, 1.165) is 27.3 Å². The summed E-state index contributed by atoms with van der Waals surface area (Å²) in [5, 5.41) is 12.3. The van der Waals surface area contributed by atoms with Gasteiger partial charge >= 0.3 is 0 Å². The molecule has 0 aromatic heterocycles. The van der Waals surface area contributed by atoms with Crippen molar-refractivity contribution in [1.29, 1.82) is 0 Å². The second-order valence-corrected chi connectivity index (χ2v) is 6.47. The molecule has 0 atom stereocenters. The molecule has 0 unspecified atom stereocenters. The predicted molar refractivity (Wildman–Crippen MR) is 78.0 cm³/mol. The Labute approximate surface area is 122 Å². The predicted octanol–water partition coefficient (Wildman–Crippen LogP) is 2.70. The molecule has 0 radical (unpaired) electrons. The third-order valence-electron chi connectivity index (χ3n) is 3.17. The zero-order valence-electron chi connectivity index (χ0n) is 9.17. The van der Waals surface area contributed by atoms with Crippen LogP contribution in [0, 0.1) is 3.57 Å². The summed E-state index contributed by atoms with van der Waals surface area (Å²) in [6, 6.07) is 5.64. The van der Waals surface area contributed by atoms with E-state index in [0.29, 0.717) is 5.56 Å². The first-order chi connectivity index (χ1) is 8.06. The minimum absolute atomic E-state index is 0.0142. The maximum Gasteiger partial charge on any atom is 0.252 e. The molecule has 1 aromatic rings. The lowest BCUT2D eigenvalue weighted by molar-refractivity contribution is 0.0641. The molecule has 1 aliphatic carbocycles. The lowest BCUT2D eigenvalue weighted by Gasteiger charge is -2.41. The largest absolute Gasteiger partial charge is 0.394 e. The number of benzene rings is 1. The number of hydrogen-bond donors (Lipinski definition) is 2. The Hall–Kier alpha value is -0.140. The lowest BCUT2D eigenvalue weighted by atomic mass is 9.77. The summed E-state index contributed by atoms with van der Waals surface area (Å²) < 4.78 is 1.80. The minimum Gasteiger partial charge on any atom is -0.394 e. The molecule has 1 fully saturated rings. The highest BCUT2D eigenvalue weighted by Crippen LogP contribution is 2.32. The highest BCUT2D eigenvalue weighted by atomic mass is 127. The van der Waals surface area contributed by atoms with Gasteiger partial charge in [-0.3, -0.25) is 4.79 Å². The van der Waals surface area contributed by atoms with Crippen molar-refractivity contribution in [3.63, 3.8) is 0 Å². The van der Waals surface area contributed by atoms with Crippen LogP contribution in [0.2, 0.25) is 0 Å². The van der Waals surface area contributed by atoms with Gasteiger partial charge in [0, 0.05) is 8.04 Å². The smallest absolute Gasteiger partial charge is 0.252 e. The Morgan fingerprint density at radius 1 is 1.53 bits per heavy atom. The van der Waals surface area contributed by atoms with Crippen LogP contribution in [-0.2, 0) is 0 Å². The molecule has 5 heteroatoms. The van der Waals surface area contributed by atoms with E-state index >= 15 is 0 Å². The molecule has 0 saturated heterocycles. The van der Waals surface area contributed by atoms with Gasteiger partial charge in [0.25, 0.3) is 5.91 Å². The molecule has 2 N–H and O–H groups in total. The molecule has 1 saturated carbocycles. The monoisotopic (exact) mass is 409 g/mol. The summed E-state index contributed by atoms with van der Waals surface area (Å²) in [5.74, 6) is -0.121. The molecule has 1 aromatic carbocycles. The van der Waals surface area contributed by atoms with Gasteiger partial charge in [-0.05, 0) is 76.0 Å². The summed E-state index contributed by atoms with van der Waals surface area (Å²) in [7, 11) is 0. The van der Waals surface area contributed by atoms with Crippen LogP contribution in [-0.4, -0.2) is 23.2 Å². The van der Waals surface area contributed by atoms with E-state index in [1.54, 1.807) is 0 Å². The Balaban J connectivity index is 2.17. The fourth-order valence-electron chi connectivity index (χ4n) is 1.91. The molecule has 0 spiro atoms. The van der Waals surface area contributed by atoms with Gasteiger partial charge in [0.05, 0.1) is 17.7 Å². The summed E-state index contributed by atoms with van der Waals surface area (Å²) in [6.45, 7) is 0.0142. The molecule has 17 heavy (non-hydrogen) atoms. The second kappa shape index (κ2) is 5.24. The van der Waals surface area contributed by atoms with Crippen molar-refractivity contribution < 1.29 is 9.90 Å². The van der Waals surface area contributed by atoms with E-state index in [1.807, 2.05) is 18.2 Å². The summed E-state index contributed by atoms with van der Waals surface area (Å²) in [5.41, 5.74) is 0.231. The van der Waals surface area contributed by atoms with Crippen molar-refractivity contribution >= 4 is 44.4 Å². The number of rotatable bonds is 3. The normalized spacial score (nSPS) is 17.4. The van der Waals surface area contributed by atoms with E-state index in [1.165, 1.54) is 0 Å². The van der Waals surface area contributed by atoms with Crippen molar-refractivity contribution in [1.82, 2.24) is 5.32 Å². The molecule has 92 valence electrons. The zero-order chi connectivity index (χ0) is 12.5. The molecular weight excluding hydrogens is 397 g/mol. The molecular formula is C12H13BrINO2. The summed E-state index contributed by atoms with van der Waals surface area (Å²) in [4.78, 5) is 12.1. The van der Waals surface area contributed by atoms with Gasteiger partial charge in [-0.15, -0.1) is 0 Å². The number of carbonyl (C=O) groups excluding carboxylic acids is 1. The van der Waals surface area contributed by atoms with E-state index < -0.39 is 5.54 Å². The van der Waals surface area contributed by atoms with Crippen molar-refractivity contribution in [2.75, 3.05) is 6.61 Å². The van der Waals surface area contributed by atoms with Crippen LogP contribution in [0.25, 0.3) is 0 Å². The lowest BCUT2D eigenvalue weighted by Crippen LogP contribution is -2.56. The molecule has 0 heterocycles. The van der Waals surface area contributed by atoms with E-state index in [9.17, 15) is 9.90 Å². The molecule has 1 aliphatic rings. The Bertz CT molecular complexity index is 441. The first-order valence-corrected chi connectivity index (χ1v) is 7.32. The molecule has 0 aliphatic heterocycles. The van der Waals surface area contributed by atoms with Gasteiger partial charge in [0.2, 0.25) is 0 Å². The first-order valence-electron chi connectivity index (χ1n) is 5.45. The van der Waals surface area contributed by atoms with E-state index in [2.05, 4.69) is 43.8 Å². The van der Waals surface area contributed by atoms with Crippen LogP contribution in [0.1, 0.15) is 29.6 Å². The molecule has 3 nitrogen and oxygen atoms in total. The fraction of sp³-hybridized carbons (Fsp3) is 0.417. The van der Waals surface area contributed by atoms with Crippen LogP contribution >= 0.6 is 38.5 Å². The number of amides is 1. The number of aliphatic hydroxyl groups is 1. The second-order valence-electron chi connectivity index (χ2n) is 4.37. The topological polar surface area (TPSA) is 49.3 Å². The van der Waals surface area contributed by atoms with Gasteiger partial charge in [0.15, 0.2) is 0 Å². The standard InChI is InChI=1S/C12H13BrINO2/c13-10-3-2-8(14)6-9(10)11(17)15-12(7-16)4-1-5-12/h2-3,6,16H,1,4-5,7H2,(H,15,17). The van der Waals surface area contributed by atoms with E-state index in [-0.39, 0.29) is 12.5 Å². The quantitative estimate of drug-likeness (QED) is 0.754. The van der Waals surface area contributed by atoms with Gasteiger partial charge in [0.1, 0.15) is 0 Å². The third kappa shape index (κ3) is 2.82. The maximum atomic E-state index is 12.1. The summed E-state index contributed by atoms with van der Waals surface area (Å²) >= 11 is 5.55. The summed E-state index contributed by atoms with van der Waals surface area (Å²) in [6.07, 6.45) is 2.78. The van der Waals surface area contributed by atoms with Crippen molar-refractivity contribution in [3.05, 3.63) is 31.8 Å². The average molecular weight is 410 g/mol. The van der Waals surface area contributed by atoms with Gasteiger partial charge in [-0.1, -0.05) is 0 Å².